The van der Waals surface area contributed by atoms with E-state index in [9.17, 15) is 14.0 Å². The highest BCUT2D eigenvalue weighted by atomic mass is 35.5. The first-order valence-electron chi connectivity index (χ1n) is 14.0. The van der Waals surface area contributed by atoms with Crippen LogP contribution in [0.25, 0.3) is 0 Å². The van der Waals surface area contributed by atoms with Gasteiger partial charge in [-0.2, -0.15) is 0 Å². The number of carbonyl (C=O) groups excluding carboxylic acids is 2. The van der Waals surface area contributed by atoms with Crippen LogP contribution in [-0.2, 0) is 20.4 Å². The second-order valence-corrected chi connectivity index (χ2v) is 13.3. The van der Waals surface area contributed by atoms with Gasteiger partial charge in [0.05, 0.1) is 34.5 Å². The number of carbonyl (C=O) groups is 2. The molecule has 0 saturated carbocycles. The molecule has 1 saturated heterocycles. The molecule has 0 aliphatic carbocycles. The highest BCUT2D eigenvalue weighted by Crippen LogP contribution is 2.44. The summed E-state index contributed by atoms with van der Waals surface area (Å²) in [5.74, 6) is -0.133. The van der Waals surface area contributed by atoms with Crippen molar-refractivity contribution in [2.45, 2.75) is 57.9 Å². The maximum absolute atomic E-state index is 14.2. The molecule has 0 unspecified atom stereocenters. The lowest BCUT2D eigenvalue weighted by molar-refractivity contribution is -0.146. The van der Waals surface area contributed by atoms with Crippen LogP contribution >= 0.6 is 11.6 Å². The Hall–Kier alpha value is -3.72. The van der Waals surface area contributed by atoms with Crippen LogP contribution in [-0.4, -0.2) is 65.6 Å². The zero-order valence-corrected chi connectivity index (χ0v) is 25.9. The van der Waals surface area contributed by atoms with Crippen LogP contribution in [0.1, 0.15) is 63.3 Å². The van der Waals surface area contributed by atoms with E-state index < -0.39 is 16.8 Å². The standard InChI is InChI=1S/C32H37ClFN5O3/c1-30(2)18-38(21-9-10-22(33)23(34)16-21)25-12-11-24(36-27(25)30)28(40)39-15-14-37(19-31(39,3)4)26-13-8-20(17-35-26)32(5,6)29(41)42-7/h8-13,16-17H,14-15,18-19H2,1-7H3. The van der Waals surface area contributed by atoms with E-state index in [4.69, 9.17) is 21.3 Å². The number of amides is 1. The van der Waals surface area contributed by atoms with E-state index in [-0.39, 0.29) is 22.3 Å². The molecule has 1 fully saturated rings. The summed E-state index contributed by atoms with van der Waals surface area (Å²) < 4.78 is 19.2. The van der Waals surface area contributed by atoms with Gasteiger partial charge < -0.3 is 19.4 Å². The molecule has 2 aliphatic rings. The van der Waals surface area contributed by atoms with Crippen LogP contribution in [0.3, 0.4) is 0 Å². The fraction of sp³-hybridized carbons (Fsp3) is 0.438. The molecule has 2 aromatic heterocycles. The number of nitrogens with zero attached hydrogens (tertiary/aromatic N) is 5. The zero-order valence-electron chi connectivity index (χ0n) is 25.2. The molecule has 10 heteroatoms. The minimum Gasteiger partial charge on any atom is -0.468 e. The third-order valence-electron chi connectivity index (χ3n) is 8.43. The molecule has 0 spiro atoms. The number of benzene rings is 1. The Morgan fingerprint density at radius 2 is 1.76 bits per heavy atom. The van der Waals surface area contributed by atoms with E-state index in [2.05, 4.69) is 23.7 Å². The van der Waals surface area contributed by atoms with Crippen molar-refractivity contribution >= 4 is 40.7 Å². The highest BCUT2D eigenvalue weighted by Gasteiger charge is 2.41. The summed E-state index contributed by atoms with van der Waals surface area (Å²) >= 11 is 5.91. The number of piperazine rings is 1. The van der Waals surface area contributed by atoms with Crippen LogP contribution in [0.5, 0.6) is 0 Å². The summed E-state index contributed by atoms with van der Waals surface area (Å²) in [7, 11) is 1.38. The fourth-order valence-corrected chi connectivity index (χ4v) is 6.02. The van der Waals surface area contributed by atoms with Gasteiger partial charge in [-0.25, -0.2) is 14.4 Å². The molecule has 5 rings (SSSR count). The number of rotatable bonds is 5. The molecular weight excluding hydrogens is 557 g/mol. The summed E-state index contributed by atoms with van der Waals surface area (Å²) in [6, 6.07) is 12.3. The predicted octanol–water partition coefficient (Wildman–Crippen LogP) is 5.89. The molecule has 3 aromatic rings. The molecule has 222 valence electrons. The first-order chi connectivity index (χ1) is 19.7. The van der Waals surface area contributed by atoms with Crippen LogP contribution in [0.15, 0.2) is 48.7 Å². The van der Waals surface area contributed by atoms with Gasteiger partial charge in [-0.3, -0.25) is 9.59 Å². The smallest absolute Gasteiger partial charge is 0.315 e. The van der Waals surface area contributed by atoms with Crippen LogP contribution in [0, 0.1) is 5.82 Å². The molecular formula is C32H37ClFN5O3. The number of aromatic nitrogens is 2. The fourth-order valence-electron chi connectivity index (χ4n) is 5.91. The number of fused-ring (bicyclic) bond motifs is 1. The quantitative estimate of drug-likeness (QED) is 0.341. The number of anilines is 3. The average molecular weight is 594 g/mol. The molecule has 0 atom stereocenters. The molecule has 1 aromatic carbocycles. The summed E-state index contributed by atoms with van der Waals surface area (Å²) in [6.07, 6.45) is 1.72. The maximum atomic E-state index is 14.2. The van der Waals surface area contributed by atoms with Gasteiger partial charge in [0.1, 0.15) is 17.3 Å². The Balaban J connectivity index is 1.34. The van der Waals surface area contributed by atoms with Gasteiger partial charge in [-0.1, -0.05) is 31.5 Å². The third-order valence-corrected chi connectivity index (χ3v) is 8.74. The van der Waals surface area contributed by atoms with Gasteiger partial charge in [-0.05, 0) is 69.7 Å². The summed E-state index contributed by atoms with van der Waals surface area (Å²) in [5, 5.41) is 0.0783. The minimum absolute atomic E-state index is 0.0783. The first kappa shape index (κ1) is 29.8. The van der Waals surface area contributed by atoms with E-state index >= 15 is 0 Å². The van der Waals surface area contributed by atoms with Crippen molar-refractivity contribution in [1.29, 1.82) is 0 Å². The van der Waals surface area contributed by atoms with Crippen molar-refractivity contribution in [2.75, 3.05) is 43.1 Å². The Bertz CT molecular complexity index is 1540. The largest absolute Gasteiger partial charge is 0.468 e. The molecule has 8 nitrogen and oxygen atoms in total. The summed E-state index contributed by atoms with van der Waals surface area (Å²) in [6.45, 7) is 14.1. The zero-order chi connectivity index (χ0) is 30.6. The number of methoxy groups -OCH3 is 1. The van der Waals surface area contributed by atoms with Crippen LogP contribution in [0.4, 0.5) is 21.6 Å². The third kappa shape index (κ3) is 5.19. The van der Waals surface area contributed by atoms with E-state index in [0.717, 1.165) is 22.8 Å². The Labute approximate surface area is 251 Å². The van der Waals surface area contributed by atoms with Crippen molar-refractivity contribution in [3.05, 3.63) is 76.5 Å². The average Bonchev–Trinajstić information content (AvgIpc) is 3.23. The van der Waals surface area contributed by atoms with Gasteiger partial charge in [0.15, 0.2) is 0 Å². The van der Waals surface area contributed by atoms with E-state index in [1.54, 1.807) is 24.4 Å². The maximum Gasteiger partial charge on any atom is 0.315 e. The number of pyridine rings is 2. The second kappa shape index (κ2) is 10.5. The summed E-state index contributed by atoms with van der Waals surface area (Å²) in [4.78, 5) is 41.6. The predicted molar refractivity (Wildman–Crippen MR) is 162 cm³/mol. The molecule has 4 heterocycles. The molecule has 42 heavy (non-hydrogen) atoms. The van der Waals surface area contributed by atoms with Gasteiger partial charge in [0, 0.05) is 43.5 Å². The van der Waals surface area contributed by atoms with Gasteiger partial charge >= 0.3 is 5.97 Å². The van der Waals surface area contributed by atoms with Crippen molar-refractivity contribution in [3.8, 4) is 0 Å². The topological polar surface area (TPSA) is 78.9 Å². The number of halogens is 2. The van der Waals surface area contributed by atoms with Crippen LogP contribution < -0.4 is 9.80 Å². The Morgan fingerprint density at radius 1 is 1.02 bits per heavy atom. The monoisotopic (exact) mass is 593 g/mol. The van der Waals surface area contributed by atoms with Gasteiger partial charge in [0.2, 0.25) is 0 Å². The Morgan fingerprint density at radius 3 is 2.38 bits per heavy atom. The van der Waals surface area contributed by atoms with Gasteiger partial charge in [-0.15, -0.1) is 0 Å². The molecule has 0 bridgehead atoms. The van der Waals surface area contributed by atoms with Crippen LogP contribution in [0.2, 0.25) is 5.02 Å². The minimum atomic E-state index is -0.801. The van der Waals surface area contributed by atoms with Crippen molar-refractivity contribution < 1.29 is 18.7 Å². The lowest BCUT2D eigenvalue weighted by Gasteiger charge is -2.47. The van der Waals surface area contributed by atoms with Crippen molar-refractivity contribution in [1.82, 2.24) is 14.9 Å². The van der Waals surface area contributed by atoms with E-state index in [1.165, 1.54) is 13.2 Å². The summed E-state index contributed by atoms with van der Waals surface area (Å²) in [5.41, 5.74) is 1.87. The Kier molecular flexibility index (Phi) is 7.46. The lowest BCUT2D eigenvalue weighted by atomic mass is 9.86. The second-order valence-electron chi connectivity index (χ2n) is 12.8. The molecule has 0 radical (unpaired) electrons. The van der Waals surface area contributed by atoms with Crippen molar-refractivity contribution in [3.63, 3.8) is 0 Å². The lowest BCUT2D eigenvalue weighted by Crippen LogP contribution is -2.61. The first-order valence-corrected chi connectivity index (χ1v) is 14.4. The molecule has 2 aliphatic heterocycles. The SMILES string of the molecule is COC(=O)C(C)(C)c1ccc(N2CCN(C(=O)c3ccc4c(n3)C(C)(C)CN4c3ccc(Cl)c(F)c3)C(C)(C)C2)nc1. The van der Waals surface area contributed by atoms with Crippen molar-refractivity contribution in [2.24, 2.45) is 0 Å². The number of ether oxygens (including phenoxy) is 1. The number of hydrogen-bond acceptors (Lipinski definition) is 7. The molecule has 1 amide bonds. The number of hydrogen-bond donors (Lipinski definition) is 0. The van der Waals surface area contributed by atoms with E-state index in [0.29, 0.717) is 37.6 Å². The normalized spacial score (nSPS) is 17.7. The molecule has 0 N–H and O–H groups in total. The number of esters is 1. The highest BCUT2D eigenvalue weighted by molar-refractivity contribution is 6.30. The van der Waals surface area contributed by atoms with E-state index in [1.807, 2.05) is 55.7 Å². The van der Waals surface area contributed by atoms with Gasteiger partial charge in [0.25, 0.3) is 5.91 Å².